The maximum atomic E-state index is 11.4. The lowest BCUT2D eigenvalue weighted by molar-refractivity contribution is -0.130. The molecular formula is C21H29N7O2. The van der Waals surface area contributed by atoms with E-state index >= 15 is 0 Å². The van der Waals surface area contributed by atoms with E-state index in [0.29, 0.717) is 6.61 Å². The normalized spacial score (nSPS) is 18.5. The number of piperidine rings is 1. The van der Waals surface area contributed by atoms with E-state index in [1.807, 2.05) is 16.5 Å². The summed E-state index contributed by atoms with van der Waals surface area (Å²) in [4.78, 5) is 31.0. The van der Waals surface area contributed by atoms with Gasteiger partial charge in [-0.2, -0.15) is 0 Å². The van der Waals surface area contributed by atoms with E-state index in [-0.39, 0.29) is 12.0 Å². The molecule has 0 unspecified atom stereocenters. The van der Waals surface area contributed by atoms with Crippen molar-refractivity contribution in [3.05, 3.63) is 12.7 Å². The lowest BCUT2D eigenvalue weighted by atomic mass is 10.1. The molecule has 2 aromatic heterocycles. The number of anilines is 1. The van der Waals surface area contributed by atoms with Crippen molar-refractivity contribution in [1.82, 2.24) is 29.3 Å². The molecule has 2 aliphatic heterocycles. The van der Waals surface area contributed by atoms with Crippen LogP contribution in [0.4, 0.5) is 5.82 Å². The van der Waals surface area contributed by atoms with Crippen LogP contribution in [0.2, 0.25) is 0 Å². The number of aromatic nitrogens is 4. The van der Waals surface area contributed by atoms with Crippen LogP contribution in [0.25, 0.3) is 11.2 Å². The van der Waals surface area contributed by atoms with Crippen molar-refractivity contribution >= 4 is 22.9 Å². The Kier molecular flexibility index (Phi) is 6.45. The van der Waals surface area contributed by atoms with Gasteiger partial charge < -0.3 is 19.1 Å². The van der Waals surface area contributed by atoms with Crippen molar-refractivity contribution in [3.8, 4) is 11.8 Å². The Morgan fingerprint density at radius 2 is 1.87 bits per heavy atom. The van der Waals surface area contributed by atoms with Crippen LogP contribution in [0.3, 0.4) is 0 Å². The van der Waals surface area contributed by atoms with Gasteiger partial charge in [-0.1, -0.05) is 11.8 Å². The molecular weight excluding hydrogens is 382 g/mol. The fourth-order valence-electron chi connectivity index (χ4n) is 4.00. The van der Waals surface area contributed by atoms with E-state index in [0.717, 1.165) is 75.6 Å². The second-order valence-corrected chi connectivity index (χ2v) is 7.86. The summed E-state index contributed by atoms with van der Waals surface area (Å²) in [7, 11) is 1.94. The molecule has 0 N–H and O–H groups in total. The molecule has 0 aliphatic carbocycles. The van der Waals surface area contributed by atoms with Crippen molar-refractivity contribution in [2.24, 2.45) is 7.05 Å². The molecule has 0 bridgehead atoms. The number of carbonyl (C=O) groups is 1. The Bertz CT molecular complexity index is 932. The highest BCUT2D eigenvalue weighted by atomic mass is 16.5. The molecule has 30 heavy (non-hydrogen) atoms. The first-order valence-corrected chi connectivity index (χ1v) is 10.5. The topological polar surface area (TPSA) is 79.6 Å². The third-order valence-electron chi connectivity index (χ3n) is 5.86. The molecule has 0 atom stereocenters. The number of carbonyl (C=O) groups excluding carboxylic acids is 1. The van der Waals surface area contributed by atoms with Gasteiger partial charge in [-0.3, -0.25) is 9.69 Å². The van der Waals surface area contributed by atoms with Crippen LogP contribution >= 0.6 is 0 Å². The molecule has 4 rings (SSSR count). The molecule has 160 valence electrons. The van der Waals surface area contributed by atoms with Gasteiger partial charge in [0.1, 0.15) is 12.9 Å². The number of rotatable bonds is 4. The van der Waals surface area contributed by atoms with Crippen LogP contribution in [0.15, 0.2) is 12.7 Å². The molecule has 9 heteroatoms. The van der Waals surface area contributed by atoms with Crippen LogP contribution in [-0.4, -0.2) is 93.8 Å². The highest BCUT2D eigenvalue weighted by Crippen LogP contribution is 2.24. The average molecular weight is 412 g/mol. The van der Waals surface area contributed by atoms with Crippen LogP contribution < -0.4 is 4.90 Å². The number of ether oxygens (including phenoxy) is 1. The number of imidazole rings is 1. The van der Waals surface area contributed by atoms with E-state index < -0.39 is 0 Å². The summed E-state index contributed by atoms with van der Waals surface area (Å²) >= 11 is 0. The van der Waals surface area contributed by atoms with Crippen LogP contribution in [0.5, 0.6) is 0 Å². The summed E-state index contributed by atoms with van der Waals surface area (Å²) in [5.74, 6) is 7.41. The van der Waals surface area contributed by atoms with Crippen LogP contribution in [0, 0.1) is 11.8 Å². The molecule has 2 saturated heterocycles. The minimum Gasteiger partial charge on any atom is -0.365 e. The number of piperazine rings is 1. The lowest BCUT2D eigenvalue weighted by Crippen LogP contribution is -2.47. The molecule has 2 aromatic rings. The molecule has 0 radical (unpaired) electrons. The van der Waals surface area contributed by atoms with E-state index in [4.69, 9.17) is 4.74 Å². The van der Waals surface area contributed by atoms with Crippen LogP contribution in [0.1, 0.15) is 19.8 Å². The fourth-order valence-corrected chi connectivity index (χ4v) is 4.00. The zero-order valence-electron chi connectivity index (χ0n) is 17.8. The van der Waals surface area contributed by atoms with Gasteiger partial charge in [0, 0.05) is 53.2 Å². The zero-order valence-corrected chi connectivity index (χ0v) is 17.8. The van der Waals surface area contributed by atoms with E-state index in [1.165, 1.54) is 0 Å². The Labute approximate surface area is 177 Å². The number of hydrogen-bond donors (Lipinski definition) is 0. The summed E-state index contributed by atoms with van der Waals surface area (Å²) in [6.07, 6.45) is 5.52. The number of fused-ring (bicyclic) bond motifs is 1. The Balaban J connectivity index is 1.18. The van der Waals surface area contributed by atoms with Crippen molar-refractivity contribution in [1.29, 1.82) is 0 Å². The van der Waals surface area contributed by atoms with E-state index in [9.17, 15) is 4.79 Å². The van der Waals surface area contributed by atoms with Crippen LogP contribution in [-0.2, 0) is 16.6 Å². The van der Waals surface area contributed by atoms with Gasteiger partial charge in [0.15, 0.2) is 17.0 Å². The number of amides is 1. The monoisotopic (exact) mass is 411 g/mol. The highest BCUT2D eigenvalue weighted by Gasteiger charge is 2.23. The first kappa shape index (κ1) is 20.6. The minimum absolute atomic E-state index is 0.157. The summed E-state index contributed by atoms with van der Waals surface area (Å²) in [6, 6.07) is 0. The van der Waals surface area contributed by atoms with Gasteiger partial charge >= 0.3 is 0 Å². The Morgan fingerprint density at radius 3 is 2.60 bits per heavy atom. The van der Waals surface area contributed by atoms with Gasteiger partial charge in [-0.25, -0.2) is 15.0 Å². The SMILES string of the molecule is CC(=O)N1CCN(CC#CCOC2CCN(c3ncnc4c3ncn4C)CC2)CC1. The smallest absolute Gasteiger partial charge is 0.219 e. The Morgan fingerprint density at radius 1 is 1.10 bits per heavy atom. The summed E-state index contributed by atoms with van der Waals surface area (Å²) in [6.45, 7) is 7.98. The molecule has 2 aliphatic rings. The molecule has 2 fully saturated rings. The maximum absolute atomic E-state index is 11.4. The van der Waals surface area contributed by atoms with Gasteiger partial charge in [0.2, 0.25) is 5.91 Å². The molecule has 4 heterocycles. The standard InChI is InChI=1S/C21H29N7O2/c1-17(29)27-12-10-26(11-13-27)7-3-4-14-30-18-5-8-28(9-6-18)21-19-20(22-15-23-21)25(2)16-24-19/h15-16,18H,5-14H2,1-2H3. The largest absolute Gasteiger partial charge is 0.365 e. The first-order chi connectivity index (χ1) is 14.6. The quantitative estimate of drug-likeness (QED) is 0.679. The minimum atomic E-state index is 0.157. The average Bonchev–Trinajstić information content (AvgIpc) is 3.15. The van der Waals surface area contributed by atoms with E-state index in [1.54, 1.807) is 19.6 Å². The van der Waals surface area contributed by atoms with Crippen molar-refractivity contribution in [2.75, 3.05) is 57.3 Å². The summed E-state index contributed by atoms with van der Waals surface area (Å²) in [5.41, 5.74) is 1.71. The zero-order chi connectivity index (χ0) is 20.9. The second-order valence-electron chi connectivity index (χ2n) is 7.86. The van der Waals surface area contributed by atoms with Gasteiger partial charge in [-0.05, 0) is 12.8 Å². The first-order valence-electron chi connectivity index (χ1n) is 10.5. The third-order valence-corrected chi connectivity index (χ3v) is 5.86. The van der Waals surface area contributed by atoms with Gasteiger partial charge in [0.25, 0.3) is 0 Å². The molecule has 0 aromatic carbocycles. The number of hydrogen-bond acceptors (Lipinski definition) is 7. The summed E-state index contributed by atoms with van der Waals surface area (Å²) < 4.78 is 7.89. The Hall–Kier alpha value is -2.70. The maximum Gasteiger partial charge on any atom is 0.219 e. The number of aryl methyl sites for hydroxylation is 1. The molecule has 0 saturated carbocycles. The second kappa shape index (κ2) is 9.41. The predicted molar refractivity (Wildman–Crippen MR) is 114 cm³/mol. The highest BCUT2D eigenvalue weighted by molar-refractivity contribution is 5.83. The summed E-state index contributed by atoms with van der Waals surface area (Å²) in [5, 5.41) is 0. The molecule has 0 spiro atoms. The third kappa shape index (κ3) is 4.71. The van der Waals surface area contributed by atoms with Gasteiger partial charge in [0.05, 0.1) is 19.0 Å². The molecule has 1 amide bonds. The van der Waals surface area contributed by atoms with Gasteiger partial charge in [-0.15, -0.1) is 0 Å². The fraction of sp³-hybridized carbons (Fsp3) is 0.619. The van der Waals surface area contributed by atoms with Crippen molar-refractivity contribution in [2.45, 2.75) is 25.9 Å². The van der Waals surface area contributed by atoms with E-state index in [2.05, 4.69) is 36.6 Å². The molecule has 9 nitrogen and oxygen atoms in total. The predicted octanol–water partition coefficient (Wildman–Crippen LogP) is 0.516. The van der Waals surface area contributed by atoms with Crippen molar-refractivity contribution < 1.29 is 9.53 Å². The number of nitrogens with zero attached hydrogens (tertiary/aromatic N) is 7. The lowest BCUT2D eigenvalue weighted by Gasteiger charge is -2.33. The van der Waals surface area contributed by atoms with Crippen molar-refractivity contribution in [3.63, 3.8) is 0 Å².